The molecule has 14 heavy (non-hydrogen) atoms. The molecule has 0 radical (unpaired) electrons. The van der Waals surface area contributed by atoms with Crippen LogP contribution in [0.4, 0.5) is 5.69 Å². The van der Waals surface area contributed by atoms with Gasteiger partial charge in [-0.1, -0.05) is 58.5 Å². The molecule has 3 heteroatoms. The zero-order chi connectivity index (χ0) is 10.1. The summed E-state index contributed by atoms with van der Waals surface area (Å²) in [6, 6.07) is 9.69. The van der Waals surface area contributed by atoms with Gasteiger partial charge in [0.05, 0.1) is 11.6 Å². The quantitative estimate of drug-likeness (QED) is 0.492. The minimum atomic E-state index is 0.620. The fourth-order valence-electron chi connectivity index (χ4n) is 1.35. The number of hydrogen-bond acceptors (Lipinski definition) is 0. The standard InChI is InChI=1S/C11H5ClIN/c1-14-9-6-7-4-2-3-5-8(7)10(12)11(9)13/h2-6H. The lowest BCUT2D eigenvalue weighted by atomic mass is 10.1. The molecule has 0 bridgehead atoms. The third-order valence-electron chi connectivity index (χ3n) is 2.03. The molecular weight excluding hydrogens is 308 g/mol. The van der Waals surface area contributed by atoms with Crippen molar-refractivity contribution in [2.24, 2.45) is 0 Å². The van der Waals surface area contributed by atoms with E-state index in [0.717, 1.165) is 14.3 Å². The minimum Gasteiger partial charge on any atom is -0.237 e. The monoisotopic (exact) mass is 313 g/mol. The van der Waals surface area contributed by atoms with Crippen molar-refractivity contribution in [1.82, 2.24) is 0 Å². The number of nitrogens with zero attached hydrogens (tertiary/aromatic N) is 1. The molecule has 0 spiro atoms. The van der Waals surface area contributed by atoms with Crippen molar-refractivity contribution >= 4 is 50.7 Å². The Morgan fingerprint density at radius 3 is 2.71 bits per heavy atom. The highest BCUT2D eigenvalue weighted by Crippen LogP contribution is 2.35. The van der Waals surface area contributed by atoms with E-state index in [1.54, 1.807) is 0 Å². The molecule has 0 aliphatic heterocycles. The van der Waals surface area contributed by atoms with E-state index in [2.05, 4.69) is 27.4 Å². The summed E-state index contributed by atoms with van der Waals surface area (Å²) in [6.45, 7) is 7.02. The van der Waals surface area contributed by atoms with E-state index in [4.69, 9.17) is 18.2 Å². The average molecular weight is 314 g/mol. The summed E-state index contributed by atoms with van der Waals surface area (Å²) in [4.78, 5) is 3.44. The van der Waals surface area contributed by atoms with Crippen LogP contribution in [-0.4, -0.2) is 0 Å². The second-order valence-electron chi connectivity index (χ2n) is 2.86. The van der Waals surface area contributed by atoms with E-state index in [1.165, 1.54) is 0 Å². The van der Waals surface area contributed by atoms with E-state index < -0.39 is 0 Å². The van der Waals surface area contributed by atoms with Gasteiger partial charge in [0.1, 0.15) is 0 Å². The number of benzene rings is 2. The maximum Gasteiger partial charge on any atom is 0.202 e. The summed E-state index contributed by atoms with van der Waals surface area (Å²) in [5.74, 6) is 0. The van der Waals surface area contributed by atoms with E-state index in [-0.39, 0.29) is 0 Å². The first-order valence-electron chi connectivity index (χ1n) is 3.98. The molecule has 0 aliphatic carbocycles. The number of halogens is 2. The molecule has 1 nitrogen and oxygen atoms in total. The largest absolute Gasteiger partial charge is 0.237 e. The third-order valence-corrected chi connectivity index (χ3v) is 3.83. The van der Waals surface area contributed by atoms with Crippen LogP contribution in [-0.2, 0) is 0 Å². The summed E-state index contributed by atoms with van der Waals surface area (Å²) < 4.78 is 0.831. The Morgan fingerprint density at radius 2 is 2.00 bits per heavy atom. The third kappa shape index (κ3) is 1.47. The molecule has 0 unspecified atom stereocenters. The Kier molecular flexibility index (Phi) is 2.62. The van der Waals surface area contributed by atoms with Crippen LogP contribution in [0.25, 0.3) is 15.6 Å². The van der Waals surface area contributed by atoms with Gasteiger partial charge in [0.25, 0.3) is 0 Å². The van der Waals surface area contributed by atoms with Crippen LogP contribution in [0.3, 0.4) is 0 Å². The first-order valence-corrected chi connectivity index (χ1v) is 5.44. The summed E-state index contributed by atoms with van der Waals surface area (Å²) >= 11 is 8.27. The fraction of sp³-hybridized carbons (Fsp3) is 0. The van der Waals surface area contributed by atoms with E-state index in [9.17, 15) is 0 Å². The second kappa shape index (κ2) is 3.76. The van der Waals surface area contributed by atoms with Crippen molar-refractivity contribution < 1.29 is 0 Å². The highest BCUT2D eigenvalue weighted by molar-refractivity contribution is 14.1. The van der Waals surface area contributed by atoms with Gasteiger partial charge >= 0.3 is 0 Å². The lowest BCUT2D eigenvalue weighted by molar-refractivity contribution is 1.70. The van der Waals surface area contributed by atoms with E-state index in [1.807, 2.05) is 30.3 Å². The Balaban J connectivity index is 2.94. The van der Waals surface area contributed by atoms with Crippen LogP contribution in [0, 0.1) is 10.1 Å². The van der Waals surface area contributed by atoms with Crippen molar-refractivity contribution in [3.05, 3.63) is 50.3 Å². The van der Waals surface area contributed by atoms with Crippen molar-refractivity contribution in [1.29, 1.82) is 0 Å². The molecule has 0 atom stereocenters. The topological polar surface area (TPSA) is 4.36 Å². The van der Waals surface area contributed by atoms with Crippen LogP contribution in [0.15, 0.2) is 30.3 Å². The molecule has 0 amide bonds. The first kappa shape index (κ1) is 9.75. The van der Waals surface area contributed by atoms with Gasteiger partial charge in [-0.05, 0) is 16.8 Å². The van der Waals surface area contributed by atoms with Gasteiger partial charge in [0, 0.05) is 3.57 Å². The highest BCUT2D eigenvalue weighted by atomic mass is 127. The Hall–Kier alpha value is -0.790. The van der Waals surface area contributed by atoms with Gasteiger partial charge in [-0.25, -0.2) is 4.85 Å². The van der Waals surface area contributed by atoms with E-state index >= 15 is 0 Å². The van der Waals surface area contributed by atoms with Crippen molar-refractivity contribution in [2.45, 2.75) is 0 Å². The molecule has 2 aromatic carbocycles. The maximum absolute atomic E-state index is 7.02. The Morgan fingerprint density at radius 1 is 1.29 bits per heavy atom. The molecule has 68 valence electrons. The molecule has 0 aliphatic rings. The average Bonchev–Trinajstić information content (AvgIpc) is 2.23. The van der Waals surface area contributed by atoms with Crippen molar-refractivity contribution in [3.63, 3.8) is 0 Å². The number of hydrogen-bond donors (Lipinski definition) is 0. The van der Waals surface area contributed by atoms with Crippen molar-refractivity contribution in [3.8, 4) is 0 Å². The normalized spacial score (nSPS) is 10.1. The summed E-state index contributed by atoms with van der Waals surface area (Å²) in [7, 11) is 0. The molecule has 2 aromatic rings. The Bertz CT molecular complexity index is 543. The minimum absolute atomic E-state index is 0.620. The van der Waals surface area contributed by atoms with Crippen molar-refractivity contribution in [2.75, 3.05) is 0 Å². The molecule has 0 aromatic heterocycles. The van der Waals surface area contributed by atoms with Gasteiger partial charge in [-0.3, -0.25) is 0 Å². The summed E-state index contributed by atoms with van der Waals surface area (Å²) in [6.07, 6.45) is 0. The molecular formula is C11H5ClIN. The summed E-state index contributed by atoms with van der Waals surface area (Å²) in [5.41, 5.74) is 0.620. The van der Waals surface area contributed by atoms with Crippen LogP contribution in [0.2, 0.25) is 5.02 Å². The predicted octanol–water partition coefficient (Wildman–Crippen LogP) is 4.65. The number of fused-ring (bicyclic) bond motifs is 1. The van der Waals surface area contributed by atoms with Gasteiger partial charge in [-0.2, -0.15) is 0 Å². The van der Waals surface area contributed by atoms with Gasteiger partial charge in [-0.15, -0.1) is 0 Å². The molecule has 0 saturated carbocycles. The lowest BCUT2D eigenvalue weighted by Gasteiger charge is -2.04. The highest BCUT2D eigenvalue weighted by Gasteiger charge is 2.08. The Labute approximate surface area is 101 Å². The number of rotatable bonds is 0. The van der Waals surface area contributed by atoms with Gasteiger partial charge in [0.2, 0.25) is 5.69 Å². The summed E-state index contributed by atoms with van der Waals surface area (Å²) in [5, 5.41) is 2.70. The van der Waals surface area contributed by atoms with Gasteiger partial charge in [0.15, 0.2) is 0 Å². The smallest absolute Gasteiger partial charge is 0.202 e. The van der Waals surface area contributed by atoms with Crippen LogP contribution in [0.1, 0.15) is 0 Å². The van der Waals surface area contributed by atoms with Gasteiger partial charge < -0.3 is 0 Å². The van der Waals surface area contributed by atoms with Crippen LogP contribution in [0.5, 0.6) is 0 Å². The SMILES string of the molecule is [C-]#[N+]c1cc2ccccc2c(Cl)c1I. The molecule has 0 fully saturated rings. The first-order chi connectivity index (χ1) is 6.74. The second-order valence-corrected chi connectivity index (χ2v) is 4.31. The lowest BCUT2D eigenvalue weighted by Crippen LogP contribution is -1.79. The maximum atomic E-state index is 7.02. The van der Waals surface area contributed by atoms with E-state index in [0.29, 0.717) is 10.7 Å². The molecule has 0 heterocycles. The predicted molar refractivity (Wildman–Crippen MR) is 67.9 cm³/mol. The molecule has 2 rings (SSSR count). The molecule has 0 N–H and O–H groups in total. The molecule has 0 saturated heterocycles. The fourth-order valence-corrected chi connectivity index (χ4v) is 2.18. The van der Waals surface area contributed by atoms with Crippen LogP contribution >= 0.6 is 34.2 Å². The zero-order valence-corrected chi connectivity index (χ0v) is 10.0. The zero-order valence-electron chi connectivity index (χ0n) is 7.09. The van der Waals surface area contributed by atoms with Crippen LogP contribution < -0.4 is 0 Å².